The molecule has 7 heteroatoms. The minimum atomic E-state index is -0.190. The molecule has 0 saturated carbocycles. The maximum atomic E-state index is 14.0. The third-order valence-electron chi connectivity index (χ3n) is 7.96. The smallest absolute Gasteiger partial charge is 0.257 e. The number of hydrogen-bond acceptors (Lipinski definition) is 4. The quantitative estimate of drug-likeness (QED) is 0.351. The van der Waals surface area contributed by atoms with E-state index in [2.05, 4.69) is 71.2 Å². The molecule has 1 saturated heterocycles. The van der Waals surface area contributed by atoms with Gasteiger partial charge in [0.2, 0.25) is 0 Å². The Morgan fingerprint density at radius 3 is 2.37 bits per heavy atom. The predicted molar refractivity (Wildman–Crippen MR) is 159 cm³/mol. The number of halogens is 1. The predicted octanol–water partition coefficient (Wildman–Crippen LogP) is 6.87. The van der Waals surface area contributed by atoms with Gasteiger partial charge in [-0.25, -0.2) is 0 Å². The lowest BCUT2D eigenvalue weighted by molar-refractivity contribution is 0.0628. The van der Waals surface area contributed by atoms with Crippen molar-refractivity contribution in [3.63, 3.8) is 0 Å². The van der Waals surface area contributed by atoms with E-state index in [1.54, 1.807) is 17.4 Å². The van der Waals surface area contributed by atoms with Crippen molar-refractivity contribution < 1.29 is 9.59 Å². The lowest BCUT2D eigenvalue weighted by Crippen LogP contribution is -2.48. The number of anilines is 1. The number of amides is 2. The van der Waals surface area contributed by atoms with E-state index in [1.165, 1.54) is 10.4 Å². The van der Waals surface area contributed by atoms with Crippen LogP contribution in [0.2, 0.25) is 0 Å². The fraction of sp³-hybridized carbons (Fsp3) is 0.419. The Morgan fingerprint density at radius 2 is 1.68 bits per heavy atom. The van der Waals surface area contributed by atoms with E-state index in [4.69, 9.17) is 0 Å². The number of nitrogens with one attached hydrogen (secondary N) is 1. The molecule has 2 aliphatic rings. The Morgan fingerprint density at radius 1 is 1.00 bits per heavy atom. The van der Waals surface area contributed by atoms with Gasteiger partial charge in [-0.2, -0.15) is 0 Å². The second-order valence-electron chi connectivity index (χ2n) is 11.5. The molecule has 1 N–H and O–H groups in total. The maximum Gasteiger partial charge on any atom is 0.257 e. The Hall–Kier alpha value is -2.48. The Balaban J connectivity index is 1.38. The van der Waals surface area contributed by atoms with Gasteiger partial charge in [0, 0.05) is 42.1 Å². The fourth-order valence-corrected chi connectivity index (χ4v) is 7.34. The minimum Gasteiger partial charge on any atom is -0.336 e. The van der Waals surface area contributed by atoms with E-state index < -0.39 is 0 Å². The van der Waals surface area contributed by atoms with Crippen molar-refractivity contribution in [2.24, 2.45) is 11.3 Å². The summed E-state index contributed by atoms with van der Waals surface area (Å²) < 4.78 is 0.744. The molecule has 2 amide bonds. The number of carbonyl (C=O) groups is 2. The van der Waals surface area contributed by atoms with Crippen LogP contribution >= 0.6 is 27.3 Å². The molecule has 1 unspecified atom stereocenters. The van der Waals surface area contributed by atoms with Gasteiger partial charge < -0.3 is 10.2 Å². The number of nitrogens with zero attached hydrogens (tertiary/aromatic N) is 2. The summed E-state index contributed by atoms with van der Waals surface area (Å²) in [6.07, 6.45) is 2.91. The van der Waals surface area contributed by atoms with Crippen LogP contribution in [0, 0.1) is 11.3 Å². The molecule has 0 spiro atoms. The Labute approximate surface area is 238 Å². The molecule has 2 aromatic carbocycles. The first kappa shape index (κ1) is 27.1. The summed E-state index contributed by atoms with van der Waals surface area (Å²) in [7, 11) is 0. The van der Waals surface area contributed by atoms with Crippen molar-refractivity contribution in [1.82, 2.24) is 9.80 Å². The normalized spacial score (nSPS) is 18.2. The molecule has 3 aromatic rings. The summed E-state index contributed by atoms with van der Waals surface area (Å²) in [4.78, 5) is 33.0. The van der Waals surface area contributed by atoms with Crippen molar-refractivity contribution in [2.45, 2.75) is 46.6 Å². The number of fused-ring (bicyclic) bond motifs is 1. The number of piperazine rings is 1. The van der Waals surface area contributed by atoms with Crippen LogP contribution in [0.15, 0.2) is 59.1 Å². The van der Waals surface area contributed by atoms with E-state index >= 15 is 0 Å². The first-order valence-electron chi connectivity index (χ1n) is 13.5. The third kappa shape index (κ3) is 5.90. The van der Waals surface area contributed by atoms with Gasteiger partial charge in [0.15, 0.2) is 0 Å². The molecular formula is C31H36BrN3O2S. The molecule has 0 radical (unpaired) electrons. The number of thiophene rings is 1. The summed E-state index contributed by atoms with van der Waals surface area (Å²) in [6.45, 7) is 10.9. The maximum absolute atomic E-state index is 14.0. The van der Waals surface area contributed by atoms with Gasteiger partial charge in [0.05, 0.1) is 11.1 Å². The lowest BCUT2D eigenvalue weighted by atomic mass is 9.72. The zero-order valence-electron chi connectivity index (χ0n) is 22.4. The zero-order valence-corrected chi connectivity index (χ0v) is 24.8. The Kier molecular flexibility index (Phi) is 8.08. The molecule has 2 heterocycles. The van der Waals surface area contributed by atoms with Crippen LogP contribution in [-0.4, -0.2) is 47.8 Å². The summed E-state index contributed by atoms with van der Waals surface area (Å²) in [5, 5.41) is 3.83. The SMILES string of the molecule is CC(C)(C)C1CCc2c(sc(NC(=O)c3ccccc3Br)c2C(=O)N2CCN(Cc3ccccc3)CC2)C1. The van der Waals surface area contributed by atoms with Crippen LogP contribution in [0.1, 0.15) is 63.9 Å². The summed E-state index contributed by atoms with van der Waals surface area (Å²) in [6, 6.07) is 17.9. The van der Waals surface area contributed by atoms with Gasteiger partial charge in [-0.1, -0.05) is 63.2 Å². The summed E-state index contributed by atoms with van der Waals surface area (Å²) >= 11 is 5.10. The van der Waals surface area contributed by atoms with Crippen LogP contribution < -0.4 is 5.32 Å². The molecule has 1 atom stereocenters. The topological polar surface area (TPSA) is 52.7 Å². The van der Waals surface area contributed by atoms with Gasteiger partial charge in [0.1, 0.15) is 5.00 Å². The van der Waals surface area contributed by atoms with E-state index in [0.29, 0.717) is 35.1 Å². The van der Waals surface area contributed by atoms with Crippen molar-refractivity contribution >= 4 is 44.1 Å². The van der Waals surface area contributed by atoms with Crippen LogP contribution in [-0.2, 0) is 19.4 Å². The molecule has 0 bridgehead atoms. The van der Waals surface area contributed by atoms with Gasteiger partial charge in [-0.15, -0.1) is 11.3 Å². The molecule has 5 nitrogen and oxygen atoms in total. The van der Waals surface area contributed by atoms with Crippen LogP contribution in [0.4, 0.5) is 5.00 Å². The van der Waals surface area contributed by atoms with E-state index in [-0.39, 0.29) is 17.2 Å². The standard InChI is InChI=1S/C31H36BrN3O2S/c1-31(2,3)22-13-14-24-26(19-22)38-29(33-28(36)23-11-7-8-12-25(23)32)27(24)30(37)35-17-15-34(16-18-35)20-21-9-5-4-6-10-21/h4-12,22H,13-20H2,1-3H3,(H,33,36). The average molecular weight is 595 g/mol. The molecule has 1 aliphatic heterocycles. The molecule has 1 fully saturated rings. The number of benzene rings is 2. The van der Waals surface area contributed by atoms with E-state index in [1.807, 2.05) is 29.2 Å². The van der Waals surface area contributed by atoms with Crippen LogP contribution in [0.3, 0.4) is 0 Å². The first-order valence-corrected chi connectivity index (χ1v) is 15.1. The van der Waals surface area contributed by atoms with Crippen molar-refractivity contribution in [3.05, 3.63) is 86.2 Å². The molecule has 5 rings (SSSR count). The first-order chi connectivity index (χ1) is 18.2. The van der Waals surface area contributed by atoms with Gasteiger partial charge in [-0.3, -0.25) is 14.5 Å². The van der Waals surface area contributed by atoms with Crippen molar-refractivity contribution in [3.8, 4) is 0 Å². The molecule has 1 aromatic heterocycles. The molecule has 200 valence electrons. The lowest BCUT2D eigenvalue weighted by Gasteiger charge is -2.36. The number of hydrogen-bond donors (Lipinski definition) is 1. The van der Waals surface area contributed by atoms with E-state index in [0.717, 1.165) is 48.9 Å². The van der Waals surface area contributed by atoms with Crippen molar-refractivity contribution in [2.75, 3.05) is 31.5 Å². The Bertz CT molecular complexity index is 1310. The van der Waals surface area contributed by atoms with Crippen LogP contribution in [0.25, 0.3) is 0 Å². The number of carbonyl (C=O) groups excluding carboxylic acids is 2. The molecule has 1 aliphatic carbocycles. The molecular weight excluding hydrogens is 558 g/mol. The summed E-state index contributed by atoms with van der Waals surface area (Å²) in [5.41, 5.74) is 3.94. The fourth-order valence-electron chi connectivity index (χ4n) is 5.56. The zero-order chi connectivity index (χ0) is 26.9. The van der Waals surface area contributed by atoms with E-state index in [9.17, 15) is 9.59 Å². The monoisotopic (exact) mass is 593 g/mol. The molecule has 38 heavy (non-hydrogen) atoms. The second-order valence-corrected chi connectivity index (χ2v) is 13.5. The third-order valence-corrected chi connectivity index (χ3v) is 9.82. The number of rotatable bonds is 5. The average Bonchev–Trinajstić information content (AvgIpc) is 3.26. The van der Waals surface area contributed by atoms with Gasteiger partial charge in [-0.05, 0) is 69.8 Å². The largest absolute Gasteiger partial charge is 0.336 e. The van der Waals surface area contributed by atoms with Gasteiger partial charge >= 0.3 is 0 Å². The van der Waals surface area contributed by atoms with Gasteiger partial charge in [0.25, 0.3) is 11.8 Å². The highest BCUT2D eigenvalue weighted by atomic mass is 79.9. The van der Waals surface area contributed by atoms with Crippen LogP contribution in [0.5, 0.6) is 0 Å². The minimum absolute atomic E-state index is 0.0542. The van der Waals surface area contributed by atoms with Crippen molar-refractivity contribution in [1.29, 1.82) is 0 Å². The highest BCUT2D eigenvalue weighted by Gasteiger charge is 2.36. The second kappa shape index (κ2) is 11.3. The highest BCUT2D eigenvalue weighted by molar-refractivity contribution is 9.10. The highest BCUT2D eigenvalue weighted by Crippen LogP contribution is 2.45. The summed E-state index contributed by atoms with van der Waals surface area (Å²) in [5.74, 6) is 0.425.